The van der Waals surface area contributed by atoms with E-state index in [9.17, 15) is 19.2 Å². The predicted octanol–water partition coefficient (Wildman–Crippen LogP) is 2.30. The van der Waals surface area contributed by atoms with Gasteiger partial charge in [-0.1, -0.05) is 11.6 Å². The Balaban J connectivity index is 1.71. The molecule has 198 valence electrons. The molecule has 0 spiro atoms. The van der Waals surface area contributed by atoms with Gasteiger partial charge < -0.3 is 24.9 Å². The zero-order valence-corrected chi connectivity index (χ0v) is 21.2. The molecule has 1 saturated heterocycles. The maximum absolute atomic E-state index is 13.2. The molecule has 2 aromatic rings. The molecular formula is C24H28ClN5O7. The number of carboxylic acids is 1. The summed E-state index contributed by atoms with van der Waals surface area (Å²) in [5.74, 6) is -1.85. The van der Waals surface area contributed by atoms with Gasteiger partial charge in [-0.2, -0.15) is 0 Å². The number of halogens is 1. The Morgan fingerprint density at radius 1 is 1.11 bits per heavy atom. The molecule has 1 aliphatic heterocycles. The molecule has 1 aromatic heterocycles. The number of ether oxygens (including phenoxy) is 1. The molecule has 0 radical (unpaired) electrons. The third-order valence-corrected chi connectivity index (χ3v) is 5.71. The molecule has 0 saturated carbocycles. The van der Waals surface area contributed by atoms with Crippen molar-refractivity contribution in [2.24, 2.45) is 0 Å². The van der Waals surface area contributed by atoms with Crippen molar-refractivity contribution in [1.82, 2.24) is 25.2 Å². The molecular weight excluding hydrogens is 506 g/mol. The Kier molecular flexibility index (Phi) is 9.75. The van der Waals surface area contributed by atoms with Crippen molar-refractivity contribution in [1.29, 1.82) is 0 Å². The van der Waals surface area contributed by atoms with Gasteiger partial charge in [0.05, 0.1) is 19.7 Å². The number of nitrogens with one attached hydrogen (secondary N) is 1. The highest BCUT2D eigenvalue weighted by Crippen LogP contribution is 2.19. The van der Waals surface area contributed by atoms with Gasteiger partial charge >= 0.3 is 12.1 Å². The van der Waals surface area contributed by atoms with Crippen LogP contribution in [0.5, 0.6) is 0 Å². The van der Waals surface area contributed by atoms with Crippen LogP contribution in [0.1, 0.15) is 35.9 Å². The molecule has 0 bridgehead atoms. The van der Waals surface area contributed by atoms with Crippen molar-refractivity contribution in [3.05, 3.63) is 46.7 Å². The first-order valence-electron chi connectivity index (χ1n) is 11.7. The summed E-state index contributed by atoms with van der Waals surface area (Å²) in [5, 5.41) is 13.7. The second-order valence-electron chi connectivity index (χ2n) is 8.21. The summed E-state index contributed by atoms with van der Waals surface area (Å²) in [6.07, 6.45) is -1.25. The lowest BCUT2D eigenvalue weighted by Crippen LogP contribution is -2.55. The van der Waals surface area contributed by atoms with E-state index in [1.165, 1.54) is 16.0 Å². The second kappa shape index (κ2) is 13.0. The van der Waals surface area contributed by atoms with Crippen LogP contribution in [-0.2, 0) is 19.2 Å². The minimum Gasteiger partial charge on any atom is -0.481 e. The van der Waals surface area contributed by atoms with Gasteiger partial charge in [0, 0.05) is 35.8 Å². The van der Waals surface area contributed by atoms with Crippen LogP contribution in [0.15, 0.2) is 30.3 Å². The zero-order chi connectivity index (χ0) is 26.9. The first kappa shape index (κ1) is 27.8. The molecule has 3 rings (SSSR count). The maximum atomic E-state index is 13.2. The van der Waals surface area contributed by atoms with E-state index in [1.54, 1.807) is 38.1 Å². The standard InChI is InChI=1S/C24H28ClN5O7/c1-3-36-24(35)37-30-12-10-29(11-13-30)23(34)18(8-9-20(31)32)28-22(33)19-14-15(2)26-21(27-19)16-4-6-17(25)7-5-16/h4-7,14,18H,3,8-13H2,1-2H3,(H,28,33)(H,31,32)/t18-/m0/s1. The number of aromatic nitrogens is 2. The lowest BCUT2D eigenvalue weighted by molar-refractivity contribution is -0.157. The third-order valence-electron chi connectivity index (χ3n) is 5.46. The number of hydrogen-bond acceptors (Lipinski definition) is 9. The van der Waals surface area contributed by atoms with E-state index in [4.69, 9.17) is 26.3 Å². The van der Waals surface area contributed by atoms with E-state index >= 15 is 0 Å². The fourth-order valence-corrected chi connectivity index (χ4v) is 3.77. The summed E-state index contributed by atoms with van der Waals surface area (Å²) in [5.41, 5.74) is 1.23. The molecule has 0 aliphatic carbocycles. The molecule has 1 atom stereocenters. The van der Waals surface area contributed by atoms with Crippen molar-refractivity contribution in [3.8, 4) is 11.4 Å². The Bertz CT molecular complexity index is 1140. The van der Waals surface area contributed by atoms with Gasteiger partial charge in [-0.3, -0.25) is 14.4 Å². The molecule has 1 aromatic carbocycles. The Hall–Kier alpha value is -3.77. The molecule has 2 N–H and O–H groups in total. The summed E-state index contributed by atoms with van der Waals surface area (Å²) in [6, 6.07) is 7.21. The van der Waals surface area contributed by atoms with Crippen molar-refractivity contribution < 1.29 is 33.9 Å². The van der Waals surface area contributed by atoms with Gasteiger partial charge in [-0.05, 0) is 50.6 Å². The Labute approximate surface area is 218 Å². The van der Waals surface area contributed by atoms with Crippen molar-refractivity contribution >= 4 is 35.5 Å². The highest BCUT2D eigenvalue weighted by atomic mass is 35.5. The van der Waals surface area contributed by atoms with Gasteiger partial charge in [-0.15, -0.1) is 5.06 Å². The molecule has 12 nitrogen and oxygen atoms in total. The first-order chi connectivity index (χ1) is 17.7. The number of aliphatic carboxylic acids is 1. The molecule has 0 unspecified atom stereocenters. The van der Waals surface area contributed by atoms with E-state index < -0.39 is 30.0 Å². The van der Waals surface area contributed by atoms with Gasteiger partial charge in [0.25, 0.3) is 5.91 Å². The number of amides is 2. The van der Waals surface area contributed by atoms with Crippen LogP contribution in [0.4, 0.5) is 4.79 Å². The number of aryl methyl sites for hydroxylation is 1. The molecule has 1 fully saturated rings. The van der Waals surface area contributed by atoms with Crippen molar-refractivity contribution in [2.75, 3.05) is 32.8 Å². The average molecular weight is 534 g/mol. The van der Waals surface area contributed by atoms with Crippen LogP contribution in [-0.4, -0.2) is 87.8 Å². The van der Waals surface area contributed by atoms with E-state index in [2.05, 4.69) is 15.3 Å². The van der Waals surface area contributed by atoms with Gasteiger partial charge in [0.15, 0.2) is 5.82 Å². The fourth-order valence-electron chi connectivity index (χ4n) is 3.64. The lowest BCUT2D eigenvalue weighted by atomic mass is 10.1. The van der Waals surface area contributed by atoms with Crippen LogP contribution < -0.4 is 5.32 Å². The van der Waals surface area contributed by atoms with Crippen LogP contribution in [0.2, 0.25) is 5.02 Å². The number of piperazine rings is 1. The van der Waals surface area contributed by atoms with Gasteiger partial charge in [0.2, 0.25) is 5.91 Å². The minimum absolute atomic E-state index is 0.0400. The predicted molar refractivity (Wildman–Crippen MR) is 132 cm³/mol. The molecule has 37 heavy (non-hydrogen) atoms. The number of rotatable bonds is 9. The van der Waals surface area contributed by atoms with Gasteiger partial charge in [-0.25, -0.2) is 14.8 Å². The highest BCUT2D eigenvalue weighted by Gasteiger charge is 2.31. The number of carbonyl (C=O) groups excluding carboxylic acids is 3. The van der Waals surface area contributed by atoms with E-state index in [0.29, 0.717) is 22.1 Å². The zero-order valence-electron chi connectivity index (χ0n) is 20.5. The number of carbonyl (C=O) groups is 4. The largest absolute Gasteiger partial charge is 0.527 e. The van der Waals surface area contributed by atoms with Crippen LogP contribution in [0.25, 0.3) is 11.4 Å². The molecule has 2 amide bonds. The number of carboxylic acid groups (broad SMARTS) is 1. The average Bonchev–Trinajstić information content (AvgIpc) is 2.86. The van der Waals surface area contributed by atoms with Crippen molar-refractivity contribution in [3.63, 3.8) is 0 Å². The summed E-state index contributed by atoms with van der Waals surface area (Å²) in [7, 11) is 0. The topological polar surface area (TPSA) is 151 Å². The number of hydrogen-bond donors (Lipinski definition) is 2. The highest BCUT2D eigenvalue weighted by molar-refractivity contribution is 6.30. The van der Waals surface area contributed by atoms with Gasteiger partial charge in [0.1, 0.15) is 11.7 Å². The maximum Gasteiger partial charge on any atom is 0.527 e. The lowest BCUT2D eigenvalue weighted by Gasteiger charge is -2.35. The minimum atomic E-state index is -1.09. The SMILES string of the molecule is CCOC(=O)ON1CCN(C(=O)[C@H](CCC(=O)O)NC(=O)c2cc(C)nc(-c3ccc(Cl)cc3)n2)CC1. The van der Waals surface area contributed by atoms with Crippen LogP contribution in [0, 0.1) is 6.92 Å². The van der Waals surface area contributed by atoms with Crippen molar-refractivity contribution in [2.45, 2.75) is 32.7 Å². The summed E-state index contributed by atoms with van der Waals surface area (Å²) < 4.78 is 4.74. The quantitative estimate of drug-likeness (QED) is 0.459. The molecule has 1 aliphatic rings. The number of nitrogens with zero attached hydrogens (tertiary/aromatic N) is 4. The first-order valence-corrected chi connectivity index (χ1v) is 12.1. The number of benzene rings is 1. The summed E-state index contributed by atoms with van der Waals surface area (Å²) in [6.45, 7) is 4.44. The van der Waals surface area contributed by atoms with Crippen LogP contribution in [0.3, 0.4) is 0 Å². The molecule has 2 heterocycles. The smallest absolute Gasteiger partial charge is 0.481 e. The van der Waals surface area contributed by atoms with E-state index in [1.807, 2.05) is 0 Å². The monoisotopic (exact) mass is 533 g/mol. The number of hydroxylamine groups is 2. The summed E-state index contributed by atoms with van der Waals surface area (Å²) >= 11 is 5.95. The van der Waals surface area contributed by atoms with E-state index in [0.717, 1.165) is 0 Å². The Morgan fingerprint density at radius 2 is 1.78 bits per heavy atom. The Morgan fingerprint density at radius 3 is 2.41 bits per heavy atom. The third kappa shape index (κ3) is 8.12. The fraction of sp³-hybridized carbons (Fsp3) is 0.417. The second-order valence-corrected chi connectivity index (χ2v) is 8.65. The van der Waals surface area contributed by atoms with Crippen LogP contribution >= 0.6 is 11.6 Å². The normalized spacial score (nSPS) is 14.5. The summed E-state index contributed by atoms with van der Waals surface area (Å²) in [4.78, 5) is 64.2. The molecule has 13 heteroatoms. The van der Waals surface area contributed by atoms with E-state index in [-0.39, 0.29) is 51.3 Å².